The molecule has 2 aromatic heterocycles. The van der Waals surface area contributed by atoms with Gasteiger partial charge in [0.2, 0.25) is 16.0 Å². The first kappa shape index (κ1) is 15.9. The summed E-state index contributed by atoms with van der Waals surface area (Å²) in [4.78, 5) is 9.08. The van der Waals surface area contributed by atoms with Gasteiger partial charge in [-0.2, -0.15) is 0 Å². The fourth-order valence-electron chi connectivity index (χ4n) is 1.61. The zero-order chi connectivity index (χ0) is 15.3. The van der Waals surface area contributed by atoms with Gasteiger partial charge in [-0.25, -0.2) is 23.1 Å². The highest BCUT2D eigenvalue weighted by Gasteiger charge is 2.15. The summed E-state index contributed by atoms with van der Waals surface area (Å²) in [7, 11) is -3.59. The number of hydrogen-bond donors (Lipinski definition) is 2. The number of hydrogen-bond acceptors (Lipinski definition) is 6. The molecule has 0 amide bonds. The summed E-state index contributed by atoms with van der Waals surface area (Å²) in [5.74, 6) is 0.435. The third kappa shape index (κ3) is 4.23. The first-order chi connectivity index (χ1) is 10.0. The second-order valence-electron chi connectivity index (χ2n) is 4.52. The number of aryl methyl sites for hydroxylation is 1. The van der Waals surface area contributed by atoms with E-state index in [-0.39, 0.29) is 11.4 Å². The molecule has 6 nitrogen and oxygen atoms in total. The Morgan fingerprint density at radius 1 is 1.29 bits per heavy atom. The van der Waals surface area contributed by atoms with Crippen molar-refractivity contribution in [3.63, 3.8) is 0 Å². The van der Waals surface area contributed by atoms with E-state index >= 15 is 0 Å². The van der Waals surface area contributed by atoms with Gasteiger partial charge < -0.3 is 5.32 Å². The van der Waals surface area contributed by atoms with Crippen molar-refractivity contribution in [1.82, 2.24) is 14.7 Å². The maximum atomic E-state index is 12.2. The predicted molar refractivity (Wildman–Crippen MR) is 83.9 cm³/mol. The van der Waals surface area contributed by atoms with Gasteiger partial charge in [-0.1, -0.05) is 6.92 Å². The smallest absolute Gasteiger partial charge is 0.243 e. The third-order valence-corrected chi connectivity index (χ3v) is 5.24. The quantitative estimate of drug-likeness (QED) is 0.814. The number of nitrogens with one attached hydrogen (secondary N) is 2. The zero-order valence-corrected chi connectivity index (χ0v) is 13.6. The van der Waals surface area contributed by atoms with Crippen LogP contribution in [-0.2, 0) is 16.6 Å². The van der Waals surface area contributed by atoms with Gasteiger partial charge in [-0.15, -0.1) is 11.3 Å². The van der Waals surface area contributed by atoms with Crippen molar-refractivity contribution < 1.29 is 8.42 Å². The van der Waals surface area contributed by atoms with Crippen LogP contribution >= 0.6 is 11.3 Å². The van der Waals surface area contributed by atoms with Crippen LogP contribution < -0.4 is 10.0 Å². The first-order valence-corrected chi connectivity index (χ1v) is 8.97. The Morgan fingerprint density at radius 3 is 2.57 bits per heavy atom. The van der Waals surface area contributed by atoms with E-state index in [0.29, 0.717) is 5.95 Å². The highest BCUT2D eigenvalue weighted by Crippen LogP contribution is 2.16. The second kappa shape index (κ2) is 6.97. The Hall–Kier alpha value is -1.51. The van der Waals surface area contributed by atoms with Crippen LogP contribution in [0, 0.1) is 6.92 Å². The van der Waals surface area contributed by atoms with E-state index in [1.807, 2.05) is 25.3 Å². The standard InChI is InChI=1S/C13H18N4O2S2/c1-3-5-14-13-15-7-11(8-16-13)21(18,19)17-9-12-10(2)4-6-20-12/h4,6-8,17H,3,5,9H2,1-2H3,(H,14,15,16). The molecular weight excluding hydrogens is 308 g/mol. The number of nitrogens with zero attached hydrogens (tertiary/aromatic N) is 2. The molecule has 2 aromatic rings. The van der Waals surface area contributed by atoms with E-state index in [1.165, 1.54) is 23.7 Å². The predicted octanol–water partition coefficient (Wildman–Crippen LogP) is 2.15. The van der Waals surface area contributed by atoms with Crippen molar-refractivity contribution in [2.75, 3.05) is 11.9 Å². The van der Waals surface area contributed by atoms with Gasteiger partial charge in [0.25, 0.3) is 0 Å². The summed E-state index contributed by atoms with van der Waals surface area (Å²) in [5, 5.41) is 4.94. The van der Waals surface area contributed by atoms with Crippen LogP contribution in [0.15, 0.2) is 28.7 Å². The molecule has 0 fully saturated rings. The van der Waals surface area contributed by atoms with E-state index < -0.39 is 10.0 Å². The molecule has 114 valence electrons. The molecular formula is C13H18N4O2S2. The lowest BCUT2D eigenvalue weighted by Gasteiger charge is -2.07. The van der Waals surface area contributed by atoms with E-state index in [1.54, 1.807) is 0 Å². The Kier molecular flexibility index (Phi) is 5.27. The fourth-order valence-corrected chi connectivity index (χ4v) is 3.43. The minimum atomic E-state index is -3.59. The molecule has 0 aliphatic heterocycles. The van der Waals surface area contributed by atoms with E-state index in [0.717, 1.165) is 23.4 Å². The van der Waals surface area contributed by atoms with Gasteiger partial charge in [0, 0.05) is 18.0 Å². The van der Waals surface area contributed by atoms with Gasteiger partial charge in [0.1, 0.15) is 4.90 Å². The van der Waals surface area contributed by atoms with Gasteiger partial charge in [0.15, 0.2) is 0 Å². The minimum absolute atomic E-state index is 0.0683. The average molecular weight is 326 g/mol. The molecule has 0 unspecified atom stereocenters. The fraction of sp³-hybridized carbons (Fsp3) is 0.385. The maximum absolute atomic E-state index is 12.2. The molecule has 0 saturated carbocycles. The minimum Gasteiger partial charge on any atom is -0.354 e. The Balaban J connectivity index is 2.03. The molecule has 21 heavy (non-hydrogen) atoms. The zero-order valence-electron chi connectivity index (χ0n) is 12.0. The van der Waals surface area contributed by atoms with Crippen molar-refractivity contribution in [1.29, 1.82) is 0 Å². The largest absolute Gasteiger partial charge is 0.354 e. The molecule has 2 N–H and O–H groups in total. The van der Waals surface area contributed by atoms with Crippen molar-refractivity contribution in [3.8, 4) is 0 Å². The molecule has 0 aliphatic carbocycles. The van der Waals surface area contributed by atoms with Crippen LogP contribution in [0.25, 0.3) is 0 Å². The summed E-state index contributed by atoms with van der Waals surface area (Å²) in [6, 6.07) is 1.96. The van der Waals surface area contributed by atoms with Crippen LogP contribution in [0.5, 0.6) is 0 Å². The van der Waals surface area contributed by atoms with Crippen molar-refractivity contribution in [3.05, 3.63) is 34.3 Å². The first-order valence-electron chi connectivity index (χ1n) is 6.61. The van der Waals surface area contributed by atoms with Crippen molar-refractivity contribution >= 4 is 27.3 Å². The third-order valence-electron chi connectivity index (χ3n) is 2.86. The molecule has 2 rings (SSSR count). The SMILES string of the molecule is CCCNc1ncc(S(=O)(=O)NCc2sccc2C)cn1. The maximum Gasteiger partial charge on any atom is 0.243 e. The molecule has 0 bridgehead atoms. The molecule has 0 spiro atoms. The molecule has 0 atom stereocenters. The second-order valence-corrected chi connectivity index (χ2v) is 7.29. The lowest BCUT2D eigenvalue weighted by molar-refractivity contribution is 0.581. The number of aromatic nitrogens is 2. The van der Waals surface area contributed by atoms with Crippen LogP contribution in [0.1, 0.15) is 23.8 Å². The monoisotopic (exact) mass is 326 g/mol. The molecule has 0 saturated heterocycles. The van der Waals surface area contributed by atoms with Gasteiger partial charge in [-0.05, 0) is 30.4 Å². The van der Waals surface area contributed by atoms with E-state index in [4.69, 9.17) is 0 Å². The lowest BCUT2D eigenvalue weighted by Crippen LogP contribution is -2.23. The topological polar surface area (TPSA) is 84.0 Å². The van der Waals surface area contributed by atoms with Gasteiger partial charge in [-0.3, -0.25) is 0 Å². The summed E-state index contributed by atoms with van der Waals surface area (Å²) in [6.45, 7) is 5.02. The molecule has 0 aliphatic rings. The summed E-state index contributed by atoms with van der Waals surface area (Å²) >= 11 is 1.53. The van der Waals surface area contributed by atoms with Crippen LogP contribution in [0.2, 0.25) is 0 Å². The Labute approximate surface area is 128 Å². The number of rotatable bonds is 7. The molecule has 2 heterocycles. The lowest BCUT2D eigenvalue weighted by atomic mass is 10.3. The molecule has 8 heteroatoms. The van der Waals surface area contributed by atoms with Crippen molar-refractivity contribution in [2.24, 2.45) is 0 Å². The molecule has 0 radical (unpaired) electrons. The summed E-state index contributed by atoms with van der Waals surface area (Å²) in [6.07, 6.45) is 3.58. The number of thiophene rings is 1. The normalized spacial score (nSPS) is 11.5. The van der Waals surface area contributed by atoms with Crippen LogP contribution in [0.4, 0.5) is 5.95 Å². The number of anilines is 1. The summed E-state index contributed by atoms with van der Waals surface area (Å²) < 4.78 is 26.9. The highest BCUT2D eigenvalue weighted by atomic mass is 32.2. The van der Waals surface area contributed by atoms with Crippen LogP contribution in [0.3, 0.4) is 0 Å². The van der Waals surface area contributed by atoms with E-state index in [9.17, 15) is 8.42 Å². The van der Waals surface area contributed by atoms with Crippen LogP contribution in [-0.4, -0.2) is 24.9 Å². The van der Waals surface area contributed by atoms with E-state index in [2.05, 4.69) is 20.0 Å². The van der Waals surface area contributed by atoms with Crippen molar-refractivity contribution in [2.45, 2.75) is 31.7 Å². The number of sulfonamides is 1. The van der Waals surface area contributed by atoms with Gasteiger partial charge >= 0.3 is 0 Å². The van der Waals surface area contributed by atoms with Gasteiger partial charge in [0.05, 0.1) is 12.4 Å². The Morgan fingerprint density at radius 2 is 2.00 bits per heavy atom. The average Bonchev–Trinajstić information content (AvgIpc) is 2.89. The Bertz CT molecular complexity index is 680. The molecule has 0 aromatic carbocycles. The summed E-state index contributed by atoms with van der Waals surface area (Å²) in [5.41, 5.74) is 1.08. The highest BCUT2D eigenvalue weighted by molar-refractivity contribution is 7.89.